The SMILES string of the molecule is CC(C)(C)OP(=O)(OCOc1ccnc2c1ccc1cc(PO[C@@H](CCO)c3cccc(Cl)c3)cnc12)OC(C)(C)C. The van der Waals surface area contributed by atoms with Gasteiger partial charge in [0.05, 0.1) is 22.8 Å². The Kier molecular flexibility index (Phi) is 10.6. The Morgan fingerprint density at radius 2 is 1.71 bits per heavy atom. The first kappa shape index (κ1) is 32.7. The number of ether oxygens (including phenoxy) is 1. The van der Waals surface area contributed by atoms with E-state index in [-0.39, 0.29) is 28.3 Å². The van der Waals surface area contributed by atoms with Crippen LogP contribution in [0.25, 0.3) is 21.8 Å². The lowest BCUT2D eigenvalue weighted by molar-refractivity contribution is -0.0186. The van der Waals surface area contributed by atoms with Gasteiger partial charge in [0.2, 0.25) is 0 Å². The van der Waals surface area contributed by atoms with Crippen LogP contribution in [0.4, 0.5) is 0 Å². The van der Waals surface area contributed by atoms with Crippen LogP contribution < -0.4 is 10.0 Å². The van der Waals surface area contributed by atoms with Gasteiger partial charge in [0.1, 0.15) is 11.3 Å². The third-order valence-corrected chi connectivity index (χ3v) is 8.76. The fraction of sp³-hybridized carbons (Fsp3) is 0.400. The van der Waals surface area contributed by atoms with Gasteiger partial charge < -0.3 is 14.4 Å². The molecule has 0 saturated heterocycles. The molecule has 0 radical (unpaired) electrons. The monoisotopic (exact) mass is 634 g/mol. The first-order valence-electron chi connectivity index (χ1n) is 13.5. The Morgan fingerprint density at radius 3 is 2.38 bits per heavy atom. The number of phosphoric ester groups is 1. The maximum Gasteiger partial charge on any atom is 0.478 e. The summed E-state index contributed by atoms with van der Waals surface area (Å²) in [6, 6.07) is 15.0. The fourth-order valence-electron chi connectivity index (χ4n) is 4.12. The Bertz CT molecular complexity index is 1550. The zero-order chi connectivity index (χ0) is 30.5. The number of aliphatic hydroxyl groups excluding tert-OH is 1. The molecule has 2 atom stereocenters. The third-order valence-electron chi connectivity index (χ3n) is 5.65. The Labute approximate surface area is 253 Å². The maximum atomic E-state index is 13.3. The summed E-state index contributed by atoms with van der Waals surface area (Å²) in [7, 11) is -3.92. The van der Waals surface area contributed by atoms with Gasteiger partial charge in [-0.2, -0.15) is 0 Å². The smallest absolute Gasteiger partial charge is 0.466 e. The third kappa shape index (κ3) is 9.15. The number of pyridine rings is 2. The van der Waals surface area contributed by atoms with Crippen LogP contribution in [-0.4, -0.2) is 39.7 Å². The van der Waals surface area contributed by atoms with Crippen molar-refractivity contribution >= 4 is 55.3 Å². The highest BCUT2D eigenvalue weighted by atomic mass is 35.5. The first-order valence-corrected chi connectivity index (χ1v) is 16.2. The minimum atomic E-state index is -3.93. The molecule has 42 heavy (non-hydrogen) atoms. The van der Waals surface area contributed by atoms with E-state index in [2.05, 4.69) is 9.97 Å². The number of benzene rings is 2. The van der Waals surface area contributed by atoms with Gasteiger partial charge in [-0.3, -0.25) is 19.0 Å². The second kappa shape index (κ2) is 13.6. The lowest BCUT2D eigenvalue weighted by Gasteiger charge is -2.30. The summed E-state index contributed by atoms with van der Waals surface area (Å²) in [6.45, 7) is 10.3. The summed E-state index contributed by atoms with van der Waals surface area (Å²) < 4.78 is 42.3. The van der Waals surface area contributed by atoms with E-state index in [9.17, 15) is 9.67 Å². The molecule has 0 aliphatic carbocycles. The average Bonchev–Trinajstić information content (AvgIpc) is 2.88. The fourth-order valence-corrected chi connectivity index (χ4v) is 6.85. The van der Waals surface area contributed by atoms with Crippen LogP contribution >= 0.6 is 28.2 Å². The molecule has 0 bridgehead atoms. The lowest BCUT2D eigenvalue weighted by Crippen LogP contribution is -2.25. The zero-order valence-corrected chi connectivity index (χ0v) is 27.2. The zero-order valence-electron chi connectivity index (χ0n) is 24.6. The number of phosphoric acid groups is 1. The second-order valence-corrected chi connectivity index (χ2v) is 14.6. The molecule has 0 spiro atoms. The summed E-state index contributed by atoms with van der Waals surface area (Å²) in [5.41, 5.74) is 0.753. The van der Waals surface area contributed by atoms with Crippen LogP contribution in [0, 0.1) is 0 Å². The predicted molar refractivity (Wildman–Crippen MR) is 168 cm³/mol. The highest BCUT2D eigenvalue weighted by molar-refractivity contribution is 7.48. The molecular weight excluding hydrogens is 598 g/mol. The van der Waals surface area contributed by atoms with Crippen molar-refractivity contribution in [2.75, 3.05) is 13.4 Å². The molecule has 12 heteroatoms. The first-order chi connectivity index (χ1) is 19.8. The molecule has 1 unspecified atom stereocenters. The summed E-state index contributed by atoms with van der Waals surface area (Å²) in [5.74, 6) is 0.490. The van der Waals surface area contributed by atoms with Gasteiger partial charge in [-0.1, -0.05) is 29.8 Å². The number of hydrogen-bond acceptors (Lipinski definition) is 9. The van der Waals surface area contributed by atoms with Crippen LogP contribution in [0.1, 0.15) is 59.6 Å². The highest BCUT2D eigenvalue weighted by Gasteiger charge is 2.37. The van der Waals surface area contributed by atoms with Crippen molar-refractivity contribution in [2.24, 2.45) is 0 Å². The van der Waals surface area contributed by atoms with E-state index in [1.807, 2.05) is 36.4 Å². The summed E-state index contributed by atoms with van der Waals surface area (Å²) in [6.07, 6.45) is 3.55. The van der Waals surface area contributed by atoms with Gasteiger partial charge in [-0.05, 0) is 77.4 Å². The maximum absolute atomic E-state index is 13.3. The molecule has 226 valence electrons. The van der Waals surface area contributed by atoms with Crippen LogP contribution in [0.5, 0.6) is 5.75 Å². The van der Waals surface area contributed by atoms with Crippen molar-refractivity contribution in [2.45, 2.75) is 65.3 Å². The largest absolute Gasteiger partial charge is 0.478 e. The van der Waals surface area contributed by atoms with Crippen LogP contribution in [-0.2, 0) is 22.7 Å². The van der Waals surface area contributed by atoms with Gasteiger partial charge in [-0.25, -0.2) is 9.09 Å². The number of aliphatic hydroxyl groups is 1. The van der Waals surface area contributed by atoms with E-state index in [4.69, 9.17) is 34.4 Å². The molecule has 0 aliphatic rings. The highest BCUT2D eigenvalue weighted by Crippen LogP contribution is 2.55. The van der Waals surface area contributed by atoms with Crippen molar-refractivity contribution in [3.05, 3.63) is 71.5 Å². The van der Waals surface area contributed by atoms with E-state index in [1.54, 1.807) is 66.1 Å². The number of halogens is 1. The van der Waals surface area contributed by atoms with Gasteiger partial charge in [0.25, 0.3) is 0 Å². The molecule has 1 N–H and O–H groups in total. The molecule has 2 heterocycles. The number of fused-ring (bicyclic) bond motifs is 3. The summed E-state index contributed by atoms with van der Waals surface area (Å²) in [4.78, 5) is 9.23. The Morgan fingerprint density at radius 1 is 0.976 bits per heavy atom. The number of rotatable bonds is 12. The van der Waals surface area contributed by atoms with Gasteiger partial charge in [-0.15, -0.1) is 0 Å². The van der Waals surface area contributed by atoms with E-state index in [0.717, 1.165) is 21.6 Å². The molecule has 4 aromatic rings. The number of hydrogen-bond donors (Lipinski definition) is 1. The quantitative estimate of drug-likeness (QED) is 0.0945. The molecule has 0 aliphatic heterocycles. The molecule has 0 amide bonds. The summed E-state index contributed by atoms with van der Waals surface area (Å²) >= 11 is 6.15. The molecule has 0 saturated carbocycles. The molecule has 2 aromatic carbocycles. The average molecular weight is 635 g/mol. The van der Waals surface area contributed by atoms with E-state index < -0.39 is 19.0 Å². The topological polar surface area (TPSA) is 109 Å². The van der Waals surface area contributed by atoms with E-state index in [1.165, 1.54) is 0 Å². The van der Waals surface area contributed by atoms with Crippen LogP contribution in [0.15, 0.2) is 60.9 Å². The van der Waals surface area contributed by atoms with E-state index in [0.29, 0.717) is 28.2 Å². The van der Waals surface area contributed by atoms with Crippen molar-refractivity contribution < 1.29 is 32.5 Å². The minimum Gasteiger partial charge on any atom is -0.466 e. The minimum absolute atomic E-state index is 0.00445. The Hall–Kier alpha value is -2.19. The molecule has 4 rings (SSSR count). The van der Waals surface area contributed by atoms with E-state index >= 15 is 0 Å². The van der Waals surface area contributed by atoms with Crippen molar-refractivity contribution in [3.63, 3.8) is 0 Å². The molecule has 9 nitrogen and oxygen atoms in total. The normalized spacial score (nSPS) is 13.8. The Balaban J connectivity index is 1.50. The van der Waals surface area contributed by atoms with Crippen molar-refractivity contribution in [1.82, 2.24) is 9.97 Å². The molecule has 0 fully saturated rings. The van der Waals surface area contributed by atoms with Gasteiger partial charge >= 0.3 is 7.82 Å². The lowest BCUT2D eigenvalue weighted by atomic mass is 10.1. The molecule has 2 aromatic heterocycles. The molecular formula is C30H37ClN2O7P2. The van der Waals surface area contributed by atoms with Crippen molar-refractivity contribution in [1.29, 1.82) is 0 Å². The van der Waals surface area contributed by atoms with Crippen molar-refractivity contribution in [3.8, 4) is 5.75 Å². The number of nitrogens with zero attached hydrogens (tertiary/aromatic N) is 2. The second-order valence-electron chi connectivity index (χ2n) is 11.6. The number of aromatic nitrogens is 2. The standard InChI is InChI=1S/C30H37ClN2O7P2/c1-29(2,3)39-42(35,40-30(4,5)6)37-19-36-26-12-14-32-28-24(26)11-10-21-17-23(18-33-27(21)28)41-38-25(13-15-34)20-8-7-9-22(31)16-20/h7-12,14,16-18,25,34,41H,13,15,19H2,1-6H3/t25-/m0/s1. The predicted octanol–water partition coefficient (Wildman–Crippen LogP) is 7.89. The van der Waals surface area contributed by atoms with Crippen LogP contribution in [0.3, 0.4) is 0 Å². The van der Waals surface area contributed by atoms with Gasteiger partial charge in [0, 0.05) is 55.3 Å². The van der Waals surface area contributed by atoms with Crippen LogP contribution in [0.2, 0.25) is 5.02 Å². The summed E-state index contributed by atoms with van der Waals surface area (Å²) in [5, 5.41) is 12.7. The van der Waals surface area contributed by atoms with Gasteiger partial charge in [0.15, 0.2) is 6.79 Å².